The first-order chi connectivity index (χ1) is 11.0. The average Bonchev–Trinajstić information content (AvgIpc) is 2.56. The van der Waals surface area contributed by atoms with Crippen LogP contribution in [0.25, 0.3) is 0 Å². The van der Waals surface area contributed by atoms with Crippen LogP contribution in [0.5, 0.6) is 5.75 Å². The summed E-state index contributed by atoms with van der Waals surface area (Å²) in [5.41, 5.74) is 3.20. The summed E-state index contributed by atoms with van der Waals surface area (Å²) in [6.45, 7) is 4.11. The Bertz CT molecular complexity index is 683. The monoisotopic (exact) mass is 378 g/mol. The summed E-state index contributed by atoms with van der Waals surface area (Å²) in [5.74, 6) is 0.296. The minimum absolute atomic E-state index is 0.0679. The molecular formula is C18H19BrO4. The predicted molar refractivity (Wildman–Crippen MR) is 91.7 cm³/mol. The van der Waals surface area contributed by atoms with Crippen LogP contribution in [0.1, 0.15) is 27.0 Å². The molecule has 2 aromatic rings. The van der Waals surface area contributed by atoms with Crippen LogP contribution in [0.4, 0.5) is 0 Å². The summed E-state index contributed by atoms with van der Waals surface area (Å²) in [4.78, 5) is 12.1. The quantitative estimate of drug-likeness (QED) is 0.551. The van der Waals surface area contributed by atoms with Crippen molar-refractivity contribution in [1.82, 2.24) is 0 Å². The number of methoxy groups -OCH3 is 1. The number of aryl methyl sites for hydroxylation is 1. The molecule has 0 saturated heterocycles. The van der Waals surface area contributed by atoms with Gasteiger partial charge in [0.05, 0.1) is 10.0 Å². The first kappa shape index (κ1) is 17.5. The van der Waals surface area contributed by atoms with Gasteiger partial charge in [-0.1, -0.05) is 30.3 Å². The molecule has 122 valence electrons. The Labute approximate surface area is 144 Å². The molecule has 4 nitrogen and oxygen atoms in total. The molecule has 2 aromatic carbocycles. The lowest BCUT2D eigenvalue weighted by molar-refractivity contribution is -0.0126. The molecule has 0 amide bonds. The van der Waals surface area contributed by atoms with Crippen molar-refractivity contribution in [2.45, 2.75) is 20.5 Å². The Morgan fingerprint density at radius 2 is 1.87 bits per heavy atom. The maximum absolute atomic E-state index is 12.1. The molecule has 0 saturated carbocycles. The summed E-state index contributed by atoms with van der Waals surface area (Å²) in [6.07, 6.45) is 0. The second-order valence-corrected chi connectivity index (χ2v) is 5.91. The molecule has 0 fully saturated rings. The zero-order valence-electron chi connectivity index (χ0n) is 13.4. The number of ether oxygens (including phenoxy) is 3. The van der Waals surface area contributed by atoms with Crippen LogP contribution < -0.4 is 4.74 Å². The molecule has 2 rings (SSSR count). The minimum Gasteiger partial charge on any atom is -0.488 e. The Hall–Kier alpha value is -1.85. The molecule has 0 radical (unpaired) electrons. The normalized spacial score (nSPS) is 10.4. The molecule has 0 unspecified atom stereocenters. The fraction of sp³-hybridized carbons (Fsp3) is 0.278. The number of rotatable bonds is 6. The van der Waals surface area contributed by atoms with Gasteiger partial charge in [-0.05, 0) is 52.5 Å². The zero-order valence-corrected chi connectivity index (χ0v) is 15.0. The lowest BCUT2D eigenvalue weighted by Crippen LogP contribution is -2.12. The van der Waals surface area contributed by atoms with E-state index in [1.807, 2.05) is 50.2 Å². The van der Waals surface area contributed by atoms with E-state index in [2.05, 4.69) is 15.9 Å². The van der Waals surface area contributed by atoms with Crippen molar-refractivity contribution >= 4 is 21.9 Å². The SMILES string of the molecule is COCOC(=O)c1c(C)cc(OCc2ccccc2)c(Br)c1C. The maximum atomic E-state index is 12.1. The van der Waals surface area contributed by atoms with E-state index >= 15 is 0 Å². The molecule has 0 atom stereocenters. The van der Waals surface area contributed by atoms with Gasteiger partial charge >= 0.3 is 5.97 Å². The van der Waals surface area contributed by atoms with Crippen LogP contribution in [0.15, 0.2) is 40.9 Å². The minimum atomic E-state index is -0.405. The van der Waals surface area contributed by atoms with E-state index in [9.17, 15) is 4.79 Å². The highest BCUT2D eigenvalue weighted by molar-refractivity contribution is 9.10. The van der Waals surface area contributed by atoms with Crippen molar-refractivity contribution < 1.29 is 19.0 Å². The molecule has 0 aliphatic heterocycles. The first-order valence-corrected chi connectivity index (χ1v) is 7.96. The second kappa shape index (κ2) is 8.13. The lowest BCUT2D eigenvalue weighted by Gasteiger charge is -2.15. The molecule has 5 heteroatoms. The molecular weight excluding hydrogens is 360 g/mol. The van der Waals surface area contributed by atoms with E-state index < -0.39 is 5.97 Å². The van der Waals surface area contributed by atoms with Gasteiger partial charge in [-0.15, -0.1) is 0 Å². The zero-order chi connectivity index (χ0) is 16.8. The number of benzene rings is 2. The van der Waals surface area contributed by atoms with Gasteiger partial charge in [0.25, 0.3) is 0 Å². The third-order valence-corrected chi connectivity index (χ3v) is 4.40. The Balaban J connectivity index is 2.21. The van der Waals surface area contributed by atoms with Gasteiger partial charge in [0, 0.05) is 7.11 Å². The highest BCUT2D eigenvalue weighted by atomic mass is 79.9. The molecule has 0 aliphatic carbocycles. The van der Waals surface area contributed by atoms with Crippen molar-refractivity contribution in [2.24, 2.45) is 0 Å². The second-order valence-electron chi connectivity index (χ2n) is 5.12. The van der Waals surface area contributed by atoms with Crippen molar-refractivity contribution in [3.63, 3.8) is 0 Å². The highest BCUT2D eigenvalue weighted by Crippen LogP contribution is 2.34. The number of carbonyl (C=O) groups excluding carboxylic acids is 1. The van der Waals surface area contributed by atoms with Crippen LogP contribution in [0.3, 0.4) is 0 Å². The number of hydrogen-bond donors (Lipinski definition) is 0. The number of esters is 1. The van der Waals surface area contributed by atoms with E-state index in [1.54, 1.807) is 0 Å². The molecule has 0 aliphatic rings. The van der Waals surface area contributed by atoms with Crippen molar-refractivity contribution in [3.05, 3.63) is 63.1 Å². The van der Waals surface area contributed by atoms with E-state index in [0.29, 0.717) is 17.9 Å². The Kier molecular flexibility index (Phi) is 6.19. The summed E-state index contributed by atoms with van der Waals surface area (Å²) in [6, 6.07) is 11.8. The van der Waals surface area contributed by atoms with Gasteiger partial charge in [-0.2, -0.15) is 0 Å². The predicted octanol–water partition coefficient (Wildman–Crippen LogP) is 4.41. The Morgan fingerprint density at radius 1 is 1.17 bits per heavy atom. The molecule has 0 aromatic heterocycles. The standard InChI is InChI=1S/C18H19BrO4/c1-12-9-15(22-10-14-7-5-4-6-8-14)17(19)13(2)16(12)18(20)23-11-21-3/h4-9H,10-11H2,1-3H3. The Morgan fingerprint density at radius 3 is 2.52 bits per heavy atom. The van der Waals surface area contributed by atoms with Gasteiger partial charge in [-0.3, -0.25) is 0 Å². The van der Waals surface area contributed by atoms with Crippen LogP contribution in [0, 0.1) is 13.8 Å². The van der Waals surface area contributed by atoms with E-state index in [0.717, 1.165) is 21.2 Å². The summed E-state index contributed by atoms with van der Waals surface area (Å²) >= 11 is 3.51. The van der Waals surface area contributed by atoms with Crippen LogP contribution in [-0.4, -0.2) is 19.9 Å². The number of halogens is 1. The molecule has 0 heterocycles. The molecule has 0 spiro atoms. The van der Waals surface area contributed by atoms with Crippen LogP contribution in [-0.2, 0) is 16.1 Å². The van der Waals surface area contributed by atoms with E-state index in [-0.39, 0.29) is 6.79 Å². The first-order valence-electron chi connectivity index (χ1n) is 7.17. The number of carbonyl (C=O) groups is 1. The highest BCUT2D eigenvalue weighted by Gasteiger charge is 2.19. The summed E-state index contributed by atoms with van der Waals surface area (Å²) in [5, 5.41) is 0. The van der Waals surface area contributed by atoms with Crippen LogP contribution in [0.2, 0.25) is 0 Å². The summed E-state index contributed by atoms with van der Waals surface area (Å²) in [7, 11) is 1.48. The molecule has 0 bridgehead atoms. The smallest absolute Gasteiger partial charge is 0.340 e. The van der Waals surface area contributed by atoms with Gasteiger partial charge in [-0.25, -0.2) is 4.79 Å². The fourth-order valence-corrected chi connectivity index (χ4v) is 2.69. The topological polar surface area (TPSA) is 44.8 Å². The molecule has 0 N–H and O–H groups in total. The van der Waals surface area contributed by atoms with Gasteiger partial charge in [0.15, 0.2) is 6.79 Å². The number of hydrogen-bond acceptors (Lipinski definition) is 4. The van der Waals surface area contributed by atoms with Crippen molar-refractivity contribution in [2.75, 3.05) is 13.9 Å². The van der Waals surface area contributed by atoms with E-state index in [4.69, 9.17) is 14.2 Å². The van der Waals surface area contributed by atoms with Gasteiger partial charge < -0.3 is 14.2 Å². The average molecular weight is 379 g/mol. The lowest BCUT2D eigenvalue weighted by atomic mass is 10.0. The molecule has 23 heavy (non-hydrogen) atoms. The largest absolute Gasteiger partial charge is 0.488 e. The third kappa shape index (κ3) is 4.33. The fourth-order valence-electron chi connectivity index (χ4n) is 2.26. The van der Waals surface area contributed by atoms with E-state index in [1.165, 1.54) is 7.11 Å². The maximum Gasteiger partial charge on any atom is 0.340 e. The van der Waals surface area contributed by atoms with Gasteiger partial charge in [0.1, 0.15) is 12.4 Å². The van der Waals surface area contributed by atoms with Crippen LogP contribution >= 0.6 is 15.9 Å². The third-order valence-electron chi connectivity index (χ3n) is 3.41. The van der Waals surface area contributed by atoms with Crippen molar-refractivity contribution in [1.29, 1.82) is 0 Å². The summed E-state index contributed by atoms with van der Waals surface area (Å²) < 4.78 is 16.4. The van der Waals surface area contributed by atoms with Gasteiger partial charge in [0.2, 0.25) is 0 Å². The van der Waals surface area contributed by atoms with Crippen molar-refractivity contribution in [3.8, 4) is 5.75 Å².